The van der Waals surface area contributed by atoms with E-state index in [9.17, 15) is 4.79 Å². The second-order valence-electron chi connectivity index (χ2n) is 6.53. The van der Waals surface area contributed by atoms with Crippen molar-refractivity contribution in [2.75, 3.05) is 31.7 Å². The van der Waals surface area contributed by atoms with Gasteiger partial charge in [0.1, 0.15) is 13.2 Å². The highest BCUT2D eigenvalue weighted by molar-refractivity contribution is 7.14. The van der Waals surface area contributed by atoms with Gasteiger partial charge in [-0.15, -0.1) is 11.3 Å². The number of thiazole rings is 1. The van der Waals surface area contributed by atoms with Crippen molar-refractivity contribution in [3.05, 3.63) is 47.8 Å². The Hall–Kier alpha value is -3.26. The van der Waals surface area contributed by atoms with E-state index in [2.05, 4.69) is 10.3 Å². The van der Waals surface area contributed by atoms with Crippen LogP contribution in [0.2, 0.25) is 0 Å². The third-order valence-electron chi connectivity index (χ3n) is 4.26. The first-order valence-corrected chi connectivity index (χ1v) is 10.6. The molecule has 0 unspecified atom stereocenters. The minimum atomic E-state index is -0.289. The van der Waals surface area contributed by atoms with Gasteiger partial charge in [0, 0.05) is 10.9 Å². The van der Waals surface area contributed by atoms with Gasteiger partial charge in [-0.05, 0) is 36.8 Å². The molecule has 3 aromatic rings. The molecule has 1 aliphatic heterocycles. The molecule has 156 valence electrons. The van der Waals surface area contributed by atoms with Crippen LogP contribution in [0.5, 0.6) is 23.0 Å². The maximum atomic E-state index is 12.3. The van der Waals surface area contributed by atoms with Crippen LogP contribution in [0.3, 0.4) is 0 Å². The Bertz CT molecular complexity index is 1020. The molecular formula is C22H22N2O5S. The number of fused-ring (bicyclic) bond motifs is 1. The van der Waals surface area contributed by atoms with Crippen LogP contribution in [0.1, 0.15) is 13.3 Å². The van der Waals surface area contributed by atoms with Gasteiger partial charge >= 0.3 is 0 Å². The van der Waals surface area contributed by atoms with E-state index in [1.165, 1.54) is 11.3 Å². The molecule has 30 heavy (non-hydrogen) atoms. The fourth-order valence-corrected chi connectivity index (χ4v) is 3.60. The third kappa shape index (κ3) is 4.83. The topological polar surface area (TPSA) is 78.9 Å². The van der Waals surface area contributed by atoms with Crippen molar-refractivity contribution in [1.29, 1.82) is 0 Å². The number of para-hydroxylation sites is 2. The number of benzene rings is 2. The van der Waals surface area contributed by atoms with Gasteiger partial charge in [0.15, 0.2) is 34.7 Å². The van der Waals surface area contributed by atoms with Crippen LogP contribution in [-0.4, -0.2) is 37.3 Å². The molecule has 1 N–H and O–H groups in total. The summed E-state index contributed by atoms with van der Waals surface area (Å²) in [6.07, 6.45) is 0.893. The molecule has 1 aliphatic rings. The Morgan fingerprint density at radius 2 is 1.87 bits per heavy atom. The predicted molar refractivity (Wildman–Crippen MR) is 115 cm³/mol. The lowest BCUT2D eigenvalue weighted by Gasteiger charge is -2.18. The molecule has 1 aromatic heterocycles. The number of carbonyl (C=O) groups is 1. The largest absolute Gasteiger partial charge is 0.490 e. The third-order valence-corrected chi connectivity index (χ3v) is 5.02. The minimum absolute atomic E-state index is 0.133. The zero-order valence-corrected chi connectivity index (χ0v) is 17.4. The average Bonchev–Trinajstić information content (AvgIpc) is 3.25. The van der Waals surface area contributed by atoms with Gasteiger partial charge in [-0.25, -0.2) is 4.98 Å². The van der Waals surface area contributed by atoms with Crippen molar-refractivity contribution in [2.24, 2.45) is 0 Å². The maximum absolute atomic E-state index is 12.3. The Morgan fingerprint density at radius 3 is 2.67 bits per heavy atom. The Morgan fingerprint density at radius 1 is 1.10 bits per heavy atom. The van der Waals surface area contributed by atoms with Crippen molar-refractivity contribution in [3.63, 3.8) is 0 Å². The van der Waals surface area contributed by atoms with Gasteiger partial charge in [-0.2, -0.15) is 0 Å². The van der Waals surface area contributed by atoms with E-state index in [-0.39, 0.29) is 12.5 Å². The zero-order chi connectivity index (χ0) is 20.8. The van der Waals surface area contributed by atoms with Crippen molar-refractivity contribution in [2.45, 2.75) is 13.3 Å². The van der Waals surface area contributed by atoms with E-state index < -0.39 is 0 Å². The van der Waals surface area contributed by atoms with Crippen LogP contribution in [0.4, 0.5) is 5.13 Å². The molecule has 2 heterocycles. The van der Waals surface area contributed by atoms with Crippen LogP contribution in [0, 0.1) is 0 Å². The molecule has 0 bridgehead atoms. The summed E-state index contributed by atoms with van der Waals surface area (Å²) >= 11 is 1.35. The molecule has 4 rings (SSSR count). The maximum Gasteiger partial charge on any atom is 0.264 e. The Labute approximate surface area is 178 Å². The van der Waals surface area contributed by atoms with E-state index in [1.54, 1.807) is 6.07 Å². The molecule has 0 spiro atoms. The van der Waals surface area contributed by atoms with Crippen molar-refractivity contribution in [1.82, 2.24) is 4.98 Å². The molecule has 0 radical (unpaired) electrons. The molecule has 0 atom stereocenters. The number of rotatable bonds is 8. The number of anilines is 1. The van der Waals surface area contributed by atoms with Gasteiger partial charge in [0.2, 0.25) is 0 Å². The fraction of sp³-hybridized carbons (Fsp3) is 0.273. The summed E-state index contributed by atoms with van der Waals surface area (Å²) in [7, 11) is 0. The van der Waals surface area contributed by atoms with E-state index in [4.69, 9.17) is 18.9 Å². The lowest BCUT2D eigenvalue weighted by molar-refractivity contribution is -0.118. The number of nitrogens with zero attached hydrogens (tertiary/aromatic N) is 1. The van der Waals surface area contributed by atoms with Gasteiger partial charge in [0.05, 0.1) is 12.3 Å². The van der Waals surface area contributed by atoms with E-state index in [0.717, 1.165) is 23.4 Å². The van der Waals surface area contributed by atoms with Crippen molar-refractivity contribution in [3.8, 4) is 34.3 Å². The Kier molecular flexibility index (Phi) is 6.34. The van der Waals surface area contributed by atoms with Crippen LogP contribution in [-0.2, 0) is 4.79 Å². The summed E-state index contributed by atoms with van der Waals surface area (Å²) < 4.78 is 22.4. The quantitative estimate of drug-likeness (QED) is 0.576. The molecule has 0 saturated carbocycles. The Balaban J connectivity index is 1.36. The summed E-state index contributed by atoms with van der Waals surface area (Å²) in [5.41, 5.74) is 1.65. The lowest BCUT2D eigenvalue weighted by Crippen LogP contribution is -2.20. The van der Waals surface area contributed by atoms with Crippen LogP contribution < -0.4 is 24.3 Å². The molecular weight excluding hydrogens is 404 g/mol. The molecule has 7 nitrogen and oxygen atoms in total. The second-order valence-corrected chi connectivity index (χ2v) is 7.39. The molecule has 1 amide bonds. The number of ether oxygens (including phenoxy) is 4. The molecule has 2 aromatic carbocycles. The smallest absolute Gasteiger partial charge is 0.264 e. The predicted octanol–water partition coefficient (Wildman–Crippen LogP) is 4.39. The highest BCUT2D eigenvalue weighted by Crippen LogP contribution is 2.35. The normalized spacial score (nSPS) is 12.3. The van der Waals surface area contributed by atoms with Crippen molar-refractivity contribution >= 4 is 22.4 Å². The lowest BCUT2D eigenvalue weighted by atomic mass is 10.1. The van der Waals surface area contributed by atoms with E-state index in [1.807, 2.05) is 48.7 Å². The number of hydrogen-bond acceptors (Lipinski definition) is 7. The fourth-order valence-electron chi connectivity index (χ4n) is 2.87. The zero-order valence-electron chi connectivity index (χ0n) is 16.6. The SMILES string of the molecule is CCCOc1ccccc1OCC(=O)Nc1nc(-c2ccc3c(c2)OCCO3)cs1. The highest BCUT2D eigenvalue weighted by atomic mass is 32.1. The van der Waals surface area contributed by atoms with Gasteiger partial charge in [-0.1, -0.05) is 19.1 Å². The minimum Gasteiger partial charge on any atom is -0.490 e. The number of hydrogen-bond donors (Lipinski definition) is 1. The van der Waals surface area contributed by atoms with Crippen molar-refractivity contribution < 1.29 is 23.7 Å². The number of amides is 1. The average molecular weight is 426 g/mol. The van der Waals surface area contributed by atoms with Crippen LogP contribution in [0.15, 0.2) is 47.8 Å². The standard InChI is InChI=1S/C22H22N2O5S/c1-2-9-26-17-5-3-4-6-18(17)29-13-21(25)24-22-23-16(14-30-22)15-7-8-19-20(12-15)28-11-10-27-19/h3-8,12,14H,2,9-11,13H2,1H3,(H,23,24,25). The summed E-state index contributed by atoms with van der Waals surface area (Å²) in [5.74, 6) is 2.31. The highest BCUT2D eigenvalue weighted by Gasteiger charge is 2.15. The first-order valence-electron chi connectivity index (χ1n) is 9.73. The summed E-state index contributed by atoms with van der Waals surface area (Å²) in [5, 5.41) is 5.16. The first kappa shape index (κ1) is 20.0. The second kappa shape index (κ2) is 9.49. The first-order chi connectivity index (χ1) is 14.7. The van der Waals surface area contributed by atoms with Crippen LogP contribution >= 0.6 is 11.3 Å². The molecule has 0 saturated heterocycles. The molecule has 0 fully saturated rings. The van der Waals surface area contributed by atoms with Gasteiger partial charge in [0.25, 0.3) is 5.91 Å². The monoisotopic (exact) mass is 426 g/mol. The van der Waals surface area contributed by atoms with E-state index >= 15 is 0 Å². The molecule has 0 aliphatic carbocycles. The number of carbonyl (C=O) groups excluding carboxylic acids is 1. The molecule has 8 heteroatoms. The van der Waals surface area contributed by atoms with Crippen LogP contribution in [0.25, 0.3) is 11.3 Å². The number of nitrogens with one attached hydrogen (secondary N) is 1. The summed E-state index contributed by atoms with van der Waals surface area (Å²) in [6.45, 7) is 3.57. The van der Waals surface area contributed by atoms with Gasteiger partial charge < -0.3 is 18.9 Å². The number of aromatic nitrogens is 1. The summed E-state index contributed by atoms with van der Waals surface area (Å²) in [6, 6.07) is 13.0. The van der Waals surface area contributed by atoms with E-state index in [0.29, 0.717) is 42.2 Å². The summed E-state index contributed by atoms with van der Waals surface area (Å²) in [4.78, 5) is 16.8. The van der Waals surface area contributed by atoms with Gasteiger partial charge in [-0.3, -0.25) is 10.1 Å².